The van der Waals surface area contributed by atoms with Crippen LogP contribution in [0.15, 0.2) is 59.7 Å². The van der Waals surface area contributed by atoms with E-state index in [2.05, 4.69) is 39.5 Å². The number of nitrogens with one attached hydrogen (secondary N) is 1. The van der Waals surface area contributed by atoms with Crippen LogP contribution < -0.4 is 15.6 Å². The maximum absolute atomic E-state index is 12.8. The lowest BCUT2D eigenvalue weighted by molar-refractivity contribution is 0.300. The van der Waals surface area contributed by atoms with Crippen LogP contribution in [0.4, 0.5) is 0 Å². The number of aromatic nitrogens is 2. The number of rotatable bonds is 8. The SMILES string of the molecule is CNC[C@H]1CCN(Cc2ccc3c(c2)CCC(n2ccc(OCc4ccc(Cl)cn4)cc2=O)=C3)C1. The van der Waals surface area contributed by atoms with Gasteiger partial charge in [0.15, 0.2) is 0 Å². The molecule has 1 atom stereocenters. The third-order valence-corrected chi connectivity index (χ3v) is 7.05. The van der Waals surface area contributed by atoms with E-state index in [-0.39, 0.29) is 12.2 Å². The van der Waals surface area contributed by atoms with E-state index >= 15 is 0 Å². The van der Waals surface area contributed by atoms with Gasteiger partial charge in [-0.3, -0.25) is 19.2 Å². The first-order valence-electron chi connectivity index (χ1n) is 12.2. The molecule has 0 amide bonds. The van der Waals surface area contributed by atoms with Crippen molar-refractivity contribution in [3.63, 3.8) is 0 Å². The predicted molar refractivity (Wildman–Crippen MR) is 141 cm³/mol. The van der Waals surface area contributed by atoms with Gasteiger partial charge in [-0.15, -0.1) is 0 Å². The van der Waals surface area contributed by atoms with Crippen LogP contribution in [0.2, 0.25) is 5.02 Å². The molecule has 6 nitrogen and oxygen atoms in total. The fraction of sp³-hybridized carbons (Fsp3) is 0.357. The van der Waals surface area contributed by atoms with Gasteiger partial charge in [0, 0.05) is 37.2 Å². The minimum Gasteiger partial charge on any atom is -0.487 e. The number of nitrogens with zero attached hydrogens (tertiary/aromatic N) is 3. The number of allylic oxidation sites excluding steroid dienone is 1. The van der Waals surface area contributed by atoms with Gasteiger partial charge in [0.2, 0.25) is 0 Å². The van der Waals surface area contributed by atoms with Gasteiger partial charge in [0.1, 0.15) is 12.4 Å². The molecule has 1 aromatic carbocycles. The number of hydrogen-bond donors (Lipinski definition) is 1. The summed E-state index contributed by atoms with van der Waals surface area (Å²) in [5.41, 5.74) is 5.61. The van der Waals surface area contributed by atoms with Gasteiger partial charge >= 0.3 is 0 Å². The Kier molecular flexibility index (Phi) is 7.32. The van der Waals surface area contributed by atoms with E-state index in [4.69, 9.17) is 16.3 Å². The highest BCUT2D eigenvalue weighted by Crippen LogP contribution is 2.28. The molecular weight excluding hydrogens is 460 g/mol. The Bertz CT molecular complexity index is 1270. The fourth-order valence-corrected chi connectivity index (χ4v) is 5.14. The first-order chi connectivity index (χ1) is 17.1. The number of ether oxygens (including phenoxy) is 1. The zero-order valence-corrected chi connectivity index (χ0v) is 20.8. The van der Waals surface area contributed by atoms with Crippen LogP contribution in [0.1, 0.15) is 35.2 Å². The zero-order valence-electron chi connectivity index (χ0n) is 20.0. The Morgan fingerprint density at radius 3 is 2.89 bits per heavy atom. The average Bonchev–Trinajstić information content (AvgIpc) is 3.30. The molecule has 5 rings (SSSR count). The van der Waals surface area contributed by atoms with Gasteiger partial charge in [-0.2, -0.15) is 0 Å². The predicted octanol–water partition coefficient (Wildman–Crippen LogP) is 4.46. The molecule has 35 heavy (non-hydrogen) atoms. The molecular formula is C28H31ClN4O2. The lowest BCUT2D eigenvalue weighted by atomic mass is 9.93. The molecule has 1 fully saturated rings. The number of hydrogen-bond acceptors (Lipinski definition) is 5. The Morgan fingerprint density at radius 1 is 1.17 bits per heavy atom. The van der Waals surface area contributed by atoms with Gasteiger partial charge in [0.05, 0.1) is 10.7 Å². The van der Waals surface area contributed by atoms with Crippen LogP contribution in [0.5, 0.6) is 5.75 Å². The smallest absolute Gasteiger partial charge is 0.258 e. The third kappa shape index (κ3) is 5.84. The topological polar surface area (TPSA) is 59.4 Å². The first-order valence-corrected chi connectivity index (χ1v) is 12.6. The number of aryl methyl sites for hydroxylation is 1. The van der Waals surface area contributed by atoms with E-state index in [1.165, 1.54) is 42.3 Å². The van der Waals surface area contributed by atoms with E-state index in [1.807, 2.05) is 19.2 Å². The second-order valence-corrected chi connectivity index (χ2v) is 9.88. The minimum atomic E-state index is -0.0944. The van der Waals surface area contributed by atoms with Crippen molar-refractivity contribution in [3.8, 4) is 5.75 Å². The maximum Gasteiger partial charge on any atom is 0.258 e. The molecule has 0 unspecified atom stereocenters. The standard InChI is InChI=1S/C28H31ClN4O2/c1-30-15-21-8-10-32(18-21)17-20-2-3-23-13-26(7-4-22(23)12-20)33-11-9-27(14-28(33)34)35-19-25-6-5-24(29)16-31-25/h2-3,5-6,9,11-14,16,21,30H,4,7-8,10,15,17-19H2,1H3/t21-/m1/s1. The second-order valence-electron chi connectivity index (χ2n) is 9.44. The van der Waals surface area contributed by atoms with Crippen molar-refractivity contribution in [2.45, 2.75) is 32.4 Å². The van der Waals surface area contributed by atoms with Crippen LogP contribution in [-0.4, -0.2) is 41.1 Å². The molecule has 0 radical (unpaired) electrons. The molecule has 2 aliphatic rings. The van der Waals surface area contributed by atoms with E-state index in [0.717, 1.165) is 43.2 Å². The Morgan fingerprint density at radius 2 is 2.09 bits per heavy atom. The summed E-state index contributed by atoms with van der Waals surface area (Å²) in [6.45, 7) is 4.73. The van der Waals surface area contributed by atoms with E-state index in [0.29, 0.717) is 10.8 Å². The number of benzene rings is 1. The van der Waals surface area contributed by atoms with Gasteiger partial charge in [0.25, 0.3) is 5.56 Å². The maximum atomic E-state index is 12.8. The molecule has 0 saturated carbocycles. The summed E-state index contributed by atoms with van der Waals surface area (Å²) in [6, 6.07) is 13.7. The molecule has 7 heteroatoms. The summed E-state index contributed by atoms with van der Waals surface area (Å²) in [7, 11) is 2.03. The summed E-state index contributed by atoms with van der Waals surface area (Å²) in [4.78, 5) is 19.6. The van der Waals surface area contributed by atoms with E-state index in [1.54, 1.807) is 23.0 Å². The third-order valence-electron chi connectivity index (χ3n) is 6.82. The summed E-state index contributed by atoms with van der Waals surface area (Å²) < 4.78 is 7.47. The largest absolute Gasteiger partial charge is 0.487 e. The molecule has 1 saturated heterocycles. The normalized spacial score (nSPS) is 17.8. The molecule has 3 heterocycles. The molecule has 0 spiro atoms. The quantitative estimate of drug-likeness (QED) is 0.505. The lowest BCUT2D eigenvalue weighted by Gasteiger charge is -2.21. The monoisotopic (exact) mass is 490 g/mol. The zero-order chi connectivity index (χ0) is 24.2. The Balaban J connectivity index is 1.24. The van der Waals surface area contributed by atoms with Crippen LogP contribution in [-0.2, 0) is 19.6 Å². The average molecular weight is 491 g/mol. The van der Waals surface area contributed by atoms with Gasteiger partial charge < -0.3 is 10.1 Å². The highest BCUT2D eigenvalue weighted by molar-refractivity contribution is 6.30. The summed E-state index contributed by atoms with van der Waals surface area (Å²) in [5, 5.41) is 3.89. The highest BCUT2D eigenvalue weighted by Gasteiger charge is 2.22. The molecule has 0 bridgehead atoms. The van der Waals surface area contributed by atoms with E-state index < -0.39 is 0 Å². The Hall–Kier alpha value is -2.93. The van der Waals surface area contributed by atoms with Gasteiger partial charge in [-0.05, 0) is 86.3 Å². The number of fused-ring (bicyclic) bond motifs is 1. The minimum absolute atomic E-state index is 0.0944. The van der Waals surface area contributed by atoms with Crippen molar-refractivity contribution >= 4 is 23.4 Å². The highest BCUT2D eigenvalue weighted by atomic mass is 35.5. The fourth-order valence-electron chi connectivity index (χ4n) is 5.03. The first kappa shape index (κ1) is 23.8. The molecule has 1 aliphatic carbocycles. The second kappa shape index (κ2) is 10.8. The van der Waals surface area contributed by atoms with Crippen LogP contribution in [0, 0.1) is 5.92 Å². The number of pyridine rings is 2. The van der Waals surface area contributed by atoms with E-state index in [9.17, 15) is 4.79 Å². The number of likely N-dealkylation sites (tertiary alicyclic amines) is 1. The van der Waals surface area contributed by atoms with Crippen molar-refractivity contribution in [2.24, 2.45) is 5.92 Å². The van der Waals surface area contributed by atoms with Gasteiger partial charge in [-0.1, -0.05) is 29.8 Å². The number of halogens is 1. The van der Waals surface area contributed by atoms with Crippen molar-refractivity contribution in [3.05, 3.63) is 92.6 Å². The Labute approximate surface area is 211 Å². The summed E-state index contributed by atoms with van der Waals surface area (Å²) >= 11 is 5.87. The summed E-state index contributed by atoms with van der Waals surface area (Å²) in [6.07, 6.45) is 8.56. The summed E-state index contributed by atoms with van der Waals surface area (Å²) in [5.74, 6) is 1.29. The van der Waals surface area contributed by atoms with Crippen molar-refractivity contribution in [1.82, 2.24) is 19.8 Å². The van der Waals surface area contributed by atoms with Crippen molar-refractivity contribution in [2.75, 3.05) is 26.7 Å². The molecule has 182 valence electrons. The molecule has 2 aromatic heterocycles. The van der Waals surface area contributed by atoms with Crippen LogP contribution in [0.3, 0.4) is 0 Å². The molecule has 1 aliphatic heterocycles. The van der Waals surface area contributed by atoms with Crippen molar-refractivity contribution in [1.29, 1.82) is 0 Å². The lowest BCUT2D eigenvalue weighted by Crippen LogP contribution is -2.24. The van der Waals surface area contributed by atoms with Crippen LogP contribution >= 0.6 is 11.6 Å². The van der Waals surface area contributed by atoms with Crippen molar-refractivity contribution < 1.29 is 4.74 Å². The van der Waals surface area contributed by atoms with Gasteiger partial charge in [-0.25, -0.2) is 0 Å². The molecule has 3 aromatic rings. The van der Waals surface area contributed by atoms with Crippen LogP contribution in [0.25, 0.3) is 11.8 Å². The molecule has 1 N–H and O–H groups in total.